The van der Waals surface area contributed by atoms with E-state index in [1.54, 1.807) is 6.92 Å². The summed E-state index contributed by atoms with van der Waals surface area (Å²) in [6.45, 7) is 8.45. The first-order valence-corrected chi connectivity index (χ1v) is 7.28. The summed E-state index contributed by atoms with van der Waals surface area (Å²) < 4.78 is 5.12. The monoisotopic (exact) mass is 256 g/mol. The number of hydrogen-bond donors (Lipinski definition) is 1. The van der Waals surface area contributed by atoms with Gasteiger partial charge in [-0.25, -0.2) is 4.79 Å². The van der Waals surface area contributed by atoms with Gasteiger partial charge in [0.2, 0.25) is 0 Å². The Balaban J connectivity index is 2.98. The maximum absolute atomic E-state index is 12.2. The molecule has 0 heterocycles. The second kappa shape index (κ2) is 6.05. The Hall–Kier alpha value is -0.570. The Kier molecular flexibility index (Phi) is 5.20. The Morgan fingerprint density at radius 2 is 2.06 bits per heavy atom. The van der Waals surface area contributed by atoms with Gasteiger partial charge in [0.05, 0.1) is 6.61 Å². The first-order valence-electron chi connectivity index (χ1n) is 7.28. The van der Waals surface area contributed by atoms with E-state index in [9.17, 15) is 9.90 Å². The largest absolute Gasteiger partial charge is 0.464 e. The summed E-state index contributed by atoms with van der Waals surface area (Å²) in [6, 6.07) is 0. The van der Waals surface area contributed by atoms with Gasteiger partial charge in [0.1, 0.15) is 0 Å². The summed E-state index contributed by atoms with van der Waals surface area (Å²) in [5, 5.41) is 10.9. The fourth-order valence-electron chi connectivity index (χ4n) is 3.43. The van der Waals surface area contributed by atoms with Gasteiger partial charge in [-0.2, -0.15) is 0 Å². The van der Waals surface area contributed by atoms with Gasteiger partial charge in [-0.05, 0) is 31.6 Å². The molecule has 0 saturated heterocycles. The Morgan fingerprint density at radius 3 is 2.56 bits per heavy atom. The standard InChI is InChI=1S/C15H28O3/c1-5-10-15(17,13(16)18-6-2)12-9-7-8-11-14(12,3)4/h12,17H,5-11H2,1-4H3. The molecule has 1 fully saturated rings. The average molecular weight is 256 g/mol. The van der Waals surface area contributed by atoms with E-state index < -0.39 is 11.6 Å². The van der Waals surface area contributed by atoms with Gasteiger partial charge in [-0.15, -0.1) is 0 Å². The van der Waals surface area contributed by atoms with E-state index in [2.05, 4.69) is 13.8 Å². The summed E-state index contributed by atoms with van der Waals surface area (Å²) in [4.78, 5) is 12.2. The van der Waals surface area contributed by atoms with Crippen LogP contribution in [0, 0.1) is 11.3 Å². The third-order valence-corrected chi connectivity index (χ3v) is 4.34. The fraction of sp³-hybridized carbons (Fsp3) is 0.933. The lowest BCUT2D eigenvalue weighted by atomic mass is 9.61. The molecule has 0 radical (unpaired) electrons. The molecule has 1 saturated carbocycles. The third-order valence-electron chi connectivity index (χ3n) is 4.34. The molecular formula is C15H28O3. The molecule has 0 amide bonds. The average Bonchev–Trinajstić information content (AvgIpc) is 2.28. The fourth-order valence-corrected chi connectivity index (χ4v) is 3.43. The van der Waals surface area contributed by atoms with Crippen LogP contribution in [-0.4, -0.2) is 23.3 Å². The minimum absolute atomic E-state index is 0.00886. The van der Waals surface area contributed by atoms with Gasteiger partial charge in [-0.1, -0.05) is 40.0 Å². The van der Waals surface area contributed by atoms with Crippen molar-refractivity contribution in [3.63, 3.8) is 0 Å². The Labute approximate surface area is 111 Å². The van der Waals surface area contributed by atoms with Crippen LogP contribution in [0.1, 0.15) is 66.2 Å². The third kappa shape index (κ3) is 3.05. The van der Waals surface area contributed by atoms with Crippen molar-refractivity contribution in [1.82, 2.24) is 0 Å². The van der Waals surface area contributed by atoms with Gasteiger partial charge in [0.25, 0.3) is 0 Å². The van der Waals surface area contributed by atoms with E-state index in [1.807, 2.05) is 6.92 Å². The first kappa shape index (κ1) is 15.5. The van der Waals surface area contributed by atoms with Crippen LogP contribution >= 0.6 is 0 Å². The quantitative estimate of drug-likeness (QED) is 0.768. The van der Waals surface area contributed by atoms with Crippen molar-refractivity contribution in [2.45, 2.75) is 71.8 Å². The summed E-state index contributed by atoms with van der Waals surface area (Å²) >= 11 is 0. The topological polar surface area (TPSA) is 46.5 Å². The number of esters is 1. The Morgan fingerprint density at radius 1 is 1.39 bits per heavy atom. The highest BCUT2D eigenvalue weighted by molar-refractivity contribution is 5.79. The molecule has 3 nitrogen and oxygen atoms in total. The number of rotatable bonds is 5. The van der Waals surface area contributed by atoms with Gasteiger partial charge in [-0.3, -0.25) is 0 Å². The molecular weight excluding hydrogens is 228 g/mol. The molecule has 0 aromatic carbocycles. The van der Waals surface area contributed by atoms with Crippen LogP contribution in [0.5, 0.6) is 0 Å². The minimum atomic E-state index is -1.30. The summed E-state index contributed by atoms with van der Waals surface area (Å²) in [5.41, 5.74) is -1.29. The molecule has 0 aliphatic heterocycles. The van der Waals surface area contributed by atoms with Crippen molar-refractivity contribution >= 4 is 5.97 Å². The number of carbonyl (C=O) groups is 1. The van der Waals surface area contributed by atoms with Crippen molar-refractivity contribution in [2.75, 3.05) is 6.61 Å². The van der Waals surface area contributed by atoms with E-state index in [0.717, 1.165) is 25.7 Å². The van der Waals surface area contributed by atoms with Gasteiger partial charge < -0.3 is 9.84 Å². The van der Waals surface area contributed by atoms with Crippen molar-refractivity contribution in [2.24, 2.45) is 11.3 Å². The first-order chi connectivity index (χ1) is 8.38. The van der Waals surface area contributed by atoms with Crippen molar-refractivity contribution in [3.05, 3.63) is 0 Å². The predicted octanol–water partition coefficient (Wildman–Crippen LogP) is 3.30. The maximum atomic E-state index is 12.2. The second-order valence-corrected chi connectivity index (χ2v) is 6.18. The number of ether oxygens (including phenoxy) is 1. The minimum Gasteiger partial charge on any atom is -0.464 e. The lowest BCUT2D eigenvalue weighted by molar-refractivity contribution is -0.181. The van der Waals surface area contributed by atoms with Crippen LogP contribution in [0.15, 0.2) is 0 Å². The van der Waals surface area contributed by atoms with E-state index in [-0.39, 0.29) is 11.3 Å². The molecule has 106 valence electrons. The molecule has 0 bridgehead atoms. The van der Waals surface area contributed by atoms with Crippen molar-refractivity contribution < 1.29 is 14.6 Å². The van der Waals surface area contributed by atoms with Gasteiger partial charge in [0.15, 0.2) is 5.60 Å². The lowest BCUT2D eigenvalue weighted by Gasteiger charge is -2.46. The number of hydrogen-bond acceptors (Lipinski definition) is 3. The van der Waals surface area contributed by atoms with Crippen LogP contribution in [0.2, 0.25) is 0 Å². The summed E-state index contributed by atoms with van der Waals surface area (Å²) in [5.74, 6) is -0.412. The molecule has 1 aliphatic carbocycles. The molecule has 1 aliphatic rings. The Bertz CT molecular complexity index is 285. The van der Waals surface area contributed by atoms with Crippen molar-refractivity contribution in [3.8, 4) is 0 Å². The zero-order valence-electron chi connectivity index (χ0n) is 12.3. The highest BCUT2D eigenvalue weighted by Gasteiger charge is 2.51. The zero-order chi connectivity index (χ0) is 13.8. The molecule has 18 heavy (non-hydrogen) atoms. The molecule has 3 heteroatoms. The molecule has 1 rings (SSSR count). The van der Waals surface area contributed by atoms with Crippen LogP contribution in [0.4, 0.5) is 0 Å². The molecule has 0 aromatic rings. The van der Waals surface area contributed by atoms with E-state index in [4.69, 9.17) is 4.74 Å². The smallest absolute Gasteiger partial charge is 0.338 e. The molecule has 2 atom stereocenters. The SMILES string of the molecule is CCCC(O)(C(=O)OCC)C1CCCCC1(C)C. The summed E-state index contributed by atoms with van der Waals surface area (Å²) in [7, 11) is 0. The van der Waals surface area contributed by atoms with E-state index in [1.165, 1.54) is 6.42 Å². The second-order valence-electron chi connectivity index (χ2n) is 6.18. The lowest BCUT2D eigenvalue weighted by Crippen LogP contribution is -2.53. The van der Waals surface area contributed by atoms with Gasteiger partial charge in [0, 0.05) is 5.92 Å². The number of aliphatic hydroxyl groups is 1. The predicted molar refractivity (Wildman–Crippen MR) is 72.2 cm³/mol. The molecule has 0 aromatic heterocycles. The van der Waals surface area contributed by atoms with Crippen LogP contribution in [-0.2, 0) is 9.53 Å². The van der Waals surface area contributed by atoms with Crippen LogP contribution in [0.25, 0.3) is 0 Å². The molecule has 0 spiro atoms. The highest BCUT2D eigenvalue weighted by Crippen LogP contribution is 2.47. The summed E-state index contributed by atoms with van der Waals surface area (Å²) in [6.07, 6.45) is 5.57. The number of carbonyl (C=O) groups excluding carboxylic acids is 1. The maximum Gasteiger partial charge on any atom is 0.338 e. The van der Waals surface area contributed by atoms with Crippen LogP contribution < -0.4 is 0 Å². The van der Waals surface area contributed by atoms with Crippen molar-refractivity contribution in [1.29, 1.82) is 0 Å². The van der Waals surface area contributed by atoms with Crippen LogP contribution in [0.3, 0.4) is 0 Å². The normalized spacial score (nSPS) is 26.4. The van der Waals surface area contributed by atoms with Gasteiger partial charge >= 0.3 is 5.97 Å². The van der Waals surface area contributed by atoms with E-state index in [0.29, 0.717) is 13.0 Å². The molecule has 2 unspecified atom stereocenters. The van der Waals surface area contributed by atoms with E-state index >= 15 is 0 Å². The highest BCUT2D eigenvalue weighted by atomic mass is 16.5. The molecule has 1 N–H and O–H groups in total. The zero-order valence-corrected chi connectivity index (χ0v) is 12.3.